The Kier molecular flexibility index (Phi) is 67.7. The average molecular weight is 1400 g/mol. The lowest BCUT2D eigenvalue weighted by Gasteiger charge is -2.21. The number of unbranched alkanes of at least 4 members (excludes halogenated alkanes) is 48. The molecule has 95 heavy (non-hydrogen) atoms. The van der Waals surface area contributed by atoms with Gasteiger partial charge in [0.15, 0.2) is 12.2 Å². The molecule has 564 valence electrons. The summed E-state index contributed by atoms with van der Waals surface area (Å²) in [6.07, 6.45) is 58.3. The number of phosphoric ester groups is 2. The highest BCUT2D eigenvalue weighted by Crippen LogP contribution is 2.45. The third-order valence-corrected chi connectivity index (χ3v) is 19.7. The zero-order valence-corrected chi connectivity index (χ0v) is 63.6. The van der Waals surface area contributed by atoms with Crippen LogP contribution in [0.5, 0.6) is 0 Å². The maximum Gasteiger partial charge on any atom is 0.472 e. The first-order valence-electron chi connectivity index (χ1n) is 39.6. The first-order valence-corrected chi connectivity index (χ1v) is 42.6. The van der Waals surface area contributed by atoms with Crippen LogP contribution in [0.1, 0.15) is 401 Å². The Morgan fingerprint density at radius 2 is 0.484 bits per heavy atom. The lowest BCUT2D eigenvalue weighted by molar-refractivity contribution is -0.161. The summed E-state index contributed by atoms with van der Waals surface area (Å²) < 4.78 is 68.5. The predicted octanol–water partition coefficient (Wildman–Crippen LogP) is 22.5. The second kappa shape index (κ2) is 69.2. The highest BCUT2D eigenvalue weighted by molar-refractivity contribution is 7.47. The summed E-state index contributed by atoms with van der Waals surface area (Å²) in [7, 11) is -9.91. The number of aliphatic hydroxyl groups excluding tert-OH is 1. The van der Waals surface area contributed by atoms with Crippen molar-refractivity contribution in [2.45, 2.75) is 419 Å². The summed E-state index contributed by atoms with van der Waals surface area (Å²) in [6.45, 7) is 7.24. The Hall–Kier alpha value is -1.94. The average Bonchev–Trinajstić information content (AvgIpc) is 1.20. The topological polar surface area (TPSA) is 237 Å². The molecule has 0 aromatic carbocycles. The van der Waals surface area contributed by atoms with Gasteiger partial charge in [0.25, 0.3) is 0 Å². The van der Waals surface area contributed by atoms with Gasteiger partial charge in [-0.25, -0.2) is 9.13 Å². The third-order valence-electron chi connectivity index (χ3n) is 17.8. The number of aliphatic hydroxyl groups is 1. The van der Waals surface area contributed by atoms with Crippen molar-refractivity contribution >= 4 is 39.5 Å². The van der Waals surface area contributed by atoms with Crippen LogP contribution >= 0.6 is 15.6 Å². The minimum Gasteiger partial charge on any atom is -0.462 e. The minimum absolute atomic E-state index is 0.107. The fraction of sp³-hybridized carbons (Fsp3) is 0.947. The number of hydrogen-bond acceptors (Lipinski definition) is 15. The summed E-state index contributed by atoms with van der Waals surface area (Å²) >= 11 is 0. The predicted molar refractivity (Wildman–Crippen MR) is 386 cm³/mol. The normalized spacial score (nSPS) is 13.9. The number of ether oxygens (including phenoxy) is 4. The molecule has 3 N–H and O–H groups in total. The van der Waals surface area contributed by atoms with Crippen molar-refractivity contribution < 1.29 is 80.2 Å². The molecule has 19 heteroatoms. The Morgan fingerprint density at radius 3 is 0.716 bits per heavy atom. The van der Waals surface area contributed by atoms with Crippen LogP contribution in [-0.4, -0.2) is 96.7 Å². The van der Waals surface area contributed by atoms with Crippen LogP contribution in [0, 0.1) is 5.92 Å². The minimum atomic E-state index is -4.96. The van der Waals surface area contributed by atoms with Gasteiger partial charge in [-0.3, -0.25) is 37.3 Å². The standard InChI is InChI=1S/C76H148O17P2/c1-6-9-12-15-18-21-24-27-29-31-33-35-38-41-46-52-57-62-76(81)92-71(65-86-73(78)59-54-49-44-39-37-34-32-30-28-25-22-19-16-13-10-7-2)67-90-94(82,83)88-63-70(77)64-89-95(84,85)91-68-72(66-87-74(79)60-55-50-47-42-43-48-53-58-69(4)5)93-75(80)61-56-51-45-40-36-26-23-20-17-14-11-8-3/h69-72,77H,6-68H2,1-5H3,(H,82,83)(H,84,85)/t70-,71-,72-/m1/s1. The van der Waals surface area contributed by atoms with Gasteiger partial charge in [0.1, 0.15) is 19.3 Å². The number of phosphoric acid groups is 2. The molecular weight excluding hydrogens is 1250 g/mol. The summed E-state index contributed by atoms with van der Waals surface area (Å²) in [5, 5.41) is 10.6. The molecule has 0 saturated heterocycles. The molecule has 0 amide bonds. The maximum atomic E-state index is 13.1. The first-order chi connectivity index (χ1) is 46.0. The molecule has 17 nitrogen and oxygen atoms in total. The van der Waals surface area contributed by atoms with E-state index in [9.17, 15) is 43.2 Å². The quantitative estimate of drug-likeness (QED) is 0.0222. The molecule has 0 fully saturated rings. The van der Waals surface area contributed by atoms with Crippen molar-refractivity contribution in [3.63, 3.8) is 0 Å². The second-order valence-corrected chi connectivity index (χ2v) is 30.8. The number of rotatable bonds is 76. The number of esters is 4. The molecule has 2 unspecified atom stereocenters. The molecular formula is C76H148O17P2. The third kappa shape index (κ3) is 70.3. The molecule has 0 aliphatic rings. The lowest BCUT2D eigenvalue weighted by atomic mass is 10.0. The van der Waals surface area contributed by atoms with Crippen molar-refractivity contribution in [1.82, 2.24) is 0 Å². The summed E-state index contributed by atoms with van der Waals surface area (Å²) in [5.74, 6) is -1.41. The van der Waals surface area contributed by atoms with Gasteiger partial charge in [0.05, 0.1) is 26.4 Å². The van der Waals surface area contributed by atoms with E-state index in [1.165, 1.54) is 218 Å². The van der Waals surface area contributed by atoms with Gasteiger partial charge in [-0.15, -0.1) is 0 Å². The van der Waals surface area contributed by atoms with Crippen molar-refractivity contribution in [3.05, 3.63) is 0 Å². The smallest absolute Gasteiger partial charge is 0.462 e. The van der Waals surface area contributed by atoms with E-state index in [2.05, 4.69) is 34.6 Å². The van der Waals surface area contributed by atoms with Crippen LogP contribution in [0.2, 0.25) is 0 Å². The molecule has 0 aliphatic carbocycles. The van der Waals surface area contributed by atoms with Crippen LogP contribution in [0.25, 0.3) is 0 Å². The van der Waals surface area contributed by atoms with E-state index in [-0.39, 0.29) is 25.7 Å². The molecule has 0 bridgehead atoms. The van der Waals surface area contributed by atoms with E-state index < -0.39 is 97.5 Å². The molecule has 0 spiro atoms. The molecule has 5 atom stereocenters. The SMILES string of the molecule is CCCCCCCCCCCCCCCCCCCC(=O)O[C@H](COC(=O)CCCCCCCCCCCCCCCCCC)COP(=O)(O)OC[C@@H](O)COP(=O)(O)OC[C@@H](COC(=O)CCCCCCCCCC(C)C)OC(=O)CCCCCCCCCCCCCC. The largest absolute Gasteiger partial charge is 0.472 e. The van der Waals surface area contributed by atoms with E-state index in [4.69, 9.17) is 37.0 Å². The highest BCUT2D eigenvalue weighted by atomic mass is 31.2. The van der Waals surface area contributed by atoms with E-state index in [0.717, 1.165) is 96.3 Å². The van der Waals surface area contributed by atoms with E-state index in [0.29, 0.717) is 31.6 Å². The Morgan fingerprint density at radius 1 is 0.284 bits per heavy atom. The van der Waals surface area contributed by atoms with Crippen LogP contribution in [0.15, 0.2) is 0 Å². The fourth-order valence-corrected chi connectivity index (χ4v) is 13.3. The van der Waals surface area contributed by atoms with Crippen LogP contribution < -0.4 is 0 Å². The number of hydrogen-bond donors (Lipinski definition) is 3. The zero-order valence-electron chi connectivity index (χ0n) is 61.8. The van der Waals surface area contributed by atoms with E-state index in [1.54, 1.807) is 0 Å². The Balaban J connectivity index is 5.24. The fourth-order valence-electron chi connectivity index (χ4n) is 11.7. The first kappa shape index (κ1) is 93.1. The van der Waals surface area contributed by atoms with Crippen LogP contribution in [0.3, 0.4) is 0 Å². The monoisotopic (exact) mass is 1400 g/mol. The van der Waals surface area contributed by atoms with Crippen molar-refractivity contribution in [2.24, 2.45) is 5.92 Å². The molecule has 0 aliphatic heterocycles. The van der Waals surface area contributed by atoms with Gasteiger partial charge >= 0.3 is 39.5 Å². The van der Waals surface area contributed by atoms with Crippen molar-refractivity contribution in [1.29, 1.82) is 0 Å². The van der Waals surface area contributed by atoms with Crippen LogP contribution in [0.4, 0.5) is 0 Å². The molecule has 0 aromatic rings. The Labute approximate surface area is 581 Å². The van der Waals surface area contributed by atoms with Gasteiger partial charge in [-0.1, -0.05) is 349 Å². The molecule has 0 aromatic heterocycles. The van der Waals surface area contributed by atoms with Crippen molar-refractivity contribution in [3.8, 4) is 0 Å². The number of carbonyl (C=O) groups excluding carboxylic acids is 4. The summed E-state index contributed by atoms with van der Waals surface area (Å²) in [6, 6.07) is 0. The highest BCUT2D eigenvalue weighted by Gasteiger charge is 2.30. The zero-order chi connectivity index (χ0) is 69.8. The van der Waals surface area contributed by atoms with Gasteiger partial charge < -0.3 is 33.8 Å². The van der Waals surface area contributed by atoms with Gasteiger partial charge in [0.2, 0.25) is 0 Å². The molecule has 0 saturated carbocycles. The summed E-state index contributed by atoms with van der Waals surface area (Å²) in [5.41, 5.74) is 0. The van der Waals surface area contributed by atoms with Gasteiger partial charge in [0, 0.05) is 25.7 Å². The molecule has 0 radical (unpaired) electrons. The lowest BCUT2D eigenvalue weighted by Crippen LogP contribution is -2.30. The van der Waals surface area contributed by atoms with Crippen molar-refractivity contribution in [2.75, 3.05) is 39.6 Å². The van der Waals surface area contributed by atoms with Gasteiger partial charge in [-0.2, -0.15) is 0 Å². The number of carbonyl (C=O) groups is 4. The van der Waals surface area contributed by atoms with E-state index >= 15 is 0 Å². The maximum absolute atomic E-state index is 13.1. The second-order valence-electron chi connectivity index (χ2n) is 27.9. The van der Waals surface area contributed by atoms with Crippen LogP contribution in [-0.2, 0) is 65.4 Å². The van der Waals surface area contributed by atoms with E-state index in [1.807, 2.05) is 0 Å². The Bertz CT molecular complexity index is 1820. The molecule has 0 heterocycles. The van der Waals surface area contributed by atoms with Gasteiger partial charge in [-0.05, 0) is 31.6 Å². The molecule has 0 rings (SSSR count). The summed E-state index contributed by atoms with van der Waals surface area (Å²) in [4.78, 5) is 72.8.